The summed E-state index contributed by atoms with van der Waals surface area (Å²) in [6, 6.07) is -0.747. The maximum absolute atomic E-state index is 12.6. The fraction of sp³-hybridized carbons (Fsp3) is 0.761. The molecule has 0 aliphatic carbocycles. The molecule has 0 aromatic rings. The zero-order valence-corrected chi connectivity index (χ0v) is 35.3. The van der Waals surface area contributed by atoms with E-state index >= 15 is 0 Å². The van der Waals surface area contributed by atoms with Crippen LogP contribution in [0.15, 0.2) is 48.6 Å². The number of nitrogens with one attached hydrogen (secondary N) is 1. The lowest BCUT2D eigenvalue weighted by atomic mass is 10.1. The lowest BCUT2D eigenvalue weighted by Gasteiger charge is -2.18. The van der Waals surface area contributed by atoms with Gasteiger partial charge in [-0.25, -0.2) is 4.79 Å². The van der Waals surface area contributed by atoms with Crippen molar-refractivity contribution in [2.45, 2.75) is 187 Å². The molecule has 54 heavy (non-hydrogen) atoms. The third-order valence-corrected chi connectivity index (χ3v) is 9.14. The predicted octanol–water partition coefficient (Wildman–Crippen LogP) is 12.1. The van der Waals surface area contributed by atoms with Crippen LogP contribution in [0.1, 0.15) is 181 Å². The number of amides is 1. The van der Waals surface area contributed by atoms with Gasteiger partial charge in [0, 0.05) is 6.54 Å². The van der Waals surface area contributed by atoms with Gasteiger partial charge in [0.25, 0.3) is 0 Å². The molecule has 0 saturated carbocycles. The SMILES string of the molecule is CCCCC/C=C\C/C=C\CCCCCCCCOC(=O)CC(CC(=O)OCCCCCCCC/C=C\C/C=C\CCCCC)NC(=O)OCCN(C)C. The first kappa shape index (κ1) is 51.1. The topological polar surface area (TPSA) is 94.2 Å². The average molecular weight is 759 g/mol. The van der Waals surface area contributed by atoms with Gasteiger partial charge in [-0.1, -0.05) is 140 Å². The highest BCUT2D eigenvalue weighted by Crippen LogP contribution is 2.11. The van der Waals surface area contributed by atoms with Crippen LogP contribution in [0.25, 0.3) is 0 Å². The molecule has 0 spiro atoms. The Morgan fingerprint density at radius 1 is 0.481 bits per heavy atom. The summed E-state index contributed by atoms with van der Waals surface area (Å²) in [7, 11) is 3.78. The first-order chi connectivity index (χ1) is 26.4. The van der Waals surface area contributed by atoms with Gasteiger partial charge >= 0.3 is 18.0 Å². The van der Waals surface area contributed by atoms with Crippen molar-refractivity contribution < 1.29 is 28.6 Å². The molecule has 8 nitrogen and oxygen atoms in total. The molecule has 0 fully saturated rings. The summed E-state index contributed by atoms with van der Waals surface area (Å²) in [5, 5.41) is 2.67. The normalized spacial score (nSPS) is 12.0. The van der Waals surface area contributed by atoms with Crippen molar-refractivity contribution in [1.82, 2.24) is 10.2 Å². The number of carbonyl (C=O) groups is 3. The highest BCUT2D eigenvalue weighted by atomic mass is 16.6. The van der Waals surface area contributed by atoms with Gasteiger partial charge in [-0.05, 0) is 91.1 Å². The Morgan fingerprint density at radius 2 is 0.852 bits per heavy atom. The van der Waals surface area contributed by atoms with Gasteiger partial charge in [-0.3, -0.25) is 9.59 Å². The Morgan fingerprint density at radius 3 is 1.24 bits per heavy atom. The molecule has 0 heterocycles. The molecule has 1 amide bonds. The molecule has 0 atom stereocenters. The fourth-order valence-electron chi connectivity index (χ4n) is 5.78. The van der Waals surface area contributed by atoms with Crippen molar-refractivity contribution in [2.24, 2.45) is 0 Å². The zero-order valence-electron chi connectivity index (χ0n) is 35.3. The minimum Gasteiger partial charge on any atom is -0.466 e. The van der Waals surface area contributed by atoms with E-state index in [1.807, 2.05) is 19.0 Å². The van der Waals surface area contributed by atoms with Crippen LogP contribution >= 0.6 is 0 Å². The number of likely N-dealkylation sites (N-methyl/N-ethyl adjacent to an activating group) is 1. The van der Waals surface area contributed by atoms with Crippen LogP contribution < -0.4 is 5.32 Å². The van der Waals surface area contributed by atoms with Gasteiger partial charge in [-0.15, -0.1) is 0 Å². The predicted molar refractivity (Wildman–Crippen MR) is 227 cm³/mol. The van der Waals surface area contributed by atoms with E-state index in [9.17, 15) is 14.4 Å². The van der Waals surface area contributed by atoms with Crippen LogP contribution in [0.4, 0.5) is 4.79 Å². The minimum atomic E-state index is -0.747. The van der Waals surface area contributed by atoms with E-state index in [1.54, 1.807) is 0 Å². The lowest BCUT2D eigenvalue weighted by Crippen LogP contribution is -2.39. The van der Waals surface area contributed by atoms with Gasteiger partial charge in [-0.2, -0.15) is 0 Å². The summed E-state index contributed by atoms with van der Waals surface area (Å²) >= 11 is 0. The van der Waals surface area contributed by atoms with Crippen LogP contribution in [0.3, 0.4) is 0 Å². The summed E-state index contributed by atoms with van der Waals surface area (Å²) < 4.78 is 16.1. The van der Waals surface area contributed by atoms with Gasteiger partial charge in [0.15, 0.2) is 0 Å². The second-order valence-electron chi connectivity index (χ2n) is 14.8. The molecule has 312 valence electrons. The Kier molecular flexibility index (Phi) is 39.1. The number of rotatable bonds is 38. The lowest BCUT2D eigenvalue weighted by molar-refractivity contribution is -0.146. The third kappa shape index (κ3) is 40.3. The molecule has 0 aromatic carbocycles. The number of alkyl carbamates (subject to hydrolysis) is 1. The number of allylic oxidation sites excluding steroid dienone is 8. The summed E-state index contributed by atoms with van der Waals surface area (Å²) in [6.45, 7) is 5.93. The number of nitrogens with zero attached hydrogens (tertiary/aromatic N) is 1. The Balaban J connectivity index is 4.17. The van der Waals surface area contributed by atoms with E-state index in [0.717, 1.165) is 64.2 Å². The van der Waals surface area contributed by atoms with E-state index < -0.39 is 24.1 Å². The van der Waals surface area contributed by atoms with Crippen LogP contribution in [0.5, 0.6) is 0 Å². The van der Waals surface area contributed by atoms with Gasteiger partial charge < -0.3 is 24.4 Å². The molecule has 0 aliphatic heterocycles. The van der Waals surface area contributed by atoms with Crippen molar-refractivity contribution in [2.75, 3.05) is 40.5 Å². The smallest absolute Gasteiger partial charge is 0.407 e. The largest absolute Gasteiger partial charge is 0.466 e. The monoisotopic (exact) mass is 759 g/mol. The van der Waals surface area contributed by atoms with Gasteiger partial charge in [0.1, 0.15) is 6.61 Å². The number of unbranched alkanes of at least 4 members (excludes halogenated alkanes) is 18. The van der Waals surface area contributed by atoms with Crippen molar-refractivity contribution in [3.05, 3.63) is 48.6 Å². The van der Waals surface area contributed by atoms with Crippen LogP contribution in [-0.4, -0.2) is 69.4 Å². The average Bonchev–Trinajstić information content (AvgIpc) is 3.14. The van der Waals surface area contributed by atoms with E-state index in [0.29, 0.717) is 19.8 Å². The molecular weight excluding hydrogens is 677 g/mol. The van der Waals surface area contributed by atoms with Gasteiger partial charge in [0.2, 0.25) is 0 Å². The van der Waals surface area contributed by atoms with Gasteiger partial charge in [0.05, 0.1) is 32.1 Å². The zero-order chi connectivity index (χ0) is 39.6. The second kappa shape index (κ2) is 41.3. The molecular formula is C46H82N2O6. The van der Waals surface area contributed by atoms with E-state index in [-0.39, 0.29) is 19.4 Å². The molecule has 0 bridgehead atoms. The molecule has 0 aromatic heterocycles. The van der Waals surface area contributed by atoms with Crippen molar-refractivity contribution in [3.8, 4) is 0 Å². The number of hydrogen-bond donors (Lipinski definition) is 1. The number of carbonyl (C=O) groups excluding carboxylic acids is 3. The van der Waals surface area contributed by atoms with Crippen molar-refractivity contribution in [1.29, 1.82) is 0 Å². The Hall–Kier alpha value is -2.87. The van der Waals surface area contributed by atoms with Crippen molar-refractivity contribution >= 4 is 18.0 Å². The maximum Gasteiger partial charge on any atom is 0.407 e. The Bertz CT molecular complexity index is 926. The van der Waals surface area contributed by atoms with Crippen molar-refractivity contribution in [3.63, 3.8) is 0 Å². The van der Waals surface area contributed by atoms with Crippen LogP contribution in [0.2, 0.25) is 0 Å². The summed E-state index contributed by atoms with van der Waals surface area (Å²) in [5.74, 6) is -0.872. The molecule has 0 aliphatic rings. The first-order valence-corrected chi connectivity index (χ1v) is 21.9. The quantitative estimate of drug-likeness (QED) is 0.0290. The molecule has 0 saturated heterocycles. The Labute approximate surface area is 332 Å². The van der Waals surface area contributed by atoms with E-state index in [2.05, 4.69) is 67.8 Å². The first-order valence-electron chi connectivity index (χ1n) is 21.9. The summed E-state index contributed by atoms with van der Waals surface area (Å²) in [6.07, 6.45) is 44.9. The van der Waals surface area contributed by atoms with E-state index in [1.165, 1.54) is 89.9 Å². The minimum absolute atomic E-state index is 0.106. The molecule has 8 heteroatoms. The number of hydrogen-bond acceptors (Lipinski definition) is 7. The summed E-state index contributed by atoms with van der Waals surface area (Å²) in [4.78, 5) is 39.5. The standard InChI is InChI=1S/C46H82N2O6/c1-5-7-9-11-13-15-17-19-21-23-25-27-29-31-33-35-38-52-44(49)41-43(47-46(51)54-40-37-48(3)4)42-45(50)53-39-36-34-32-30-28-26-24-22-20-18-16-14-12-10-8-6-2/h13-16,19-22,43H,5-12,17-18,23-42H2,1-4H3,(H,47,51)/b15-13-,16-14-,21-19-,22-20-. The maximum atomic E-state index is 12.6. The summed E-state index contributed by atoms with van der Waals surface area (Å²) in [5.41, 5.74) is 0. The molecule has 0 rings (SSSR count). The molecule has 0 radical (unpaired) electrons. The fourth-order valence-corrected chi connectivity index (χ4v) is 5.78. The van der Waals surface area contributed by atoms with E-state index in [4.69, 9.17) is 14.2 Å². The molecule has 0 unspecified atom stereocenters. The number of ether oxygens (including phenoxy) is 3. The highest BCUT2D eigenvalue weighted by molar-refractivity contribution is 5.76. The molecule has 1 N–H and O–H groups in total. The van der Waals surface area contributed by atoms with Crippen LogP contribution in [-0.2, 0) is 23.8 Å². The second-order valence-corrected chi connectivity index (χ2v) is 14.8. The number of esters is 2. The third-order valence-electron chi connectivity index (χ3n) is 9.14. The van der Waals surface area contributed by atoms with Crippen LogP contribution in [0, 0.1) is 0 Å². The highest BCUT2D eigenvalue weighted by Gasteiger charge is 2.22.